The van der Waals surface area contributed by atoms with E-state index in [0.29, 0.717) is 16.4 Å². The second kappa shape index (κ2) is 15.6. The number of esters is 2. The lowest BCUT2D eigenvalue weighted by Gasteiger charge is -2.49. The van der Waals surface area contributed by atoms with Gasteiger partial charge in [0, 0.05) is 10.7 Å². The molecule has 0 bridgehead atoms. The fraction of sp³-hybridized carbons (Fsp3) is 0.314. The molecule has 2 amide bonds. The minimum absolute atomic E-state index is 0.0697. The summed E-state index contributed by atoms with van der Waals surface area (Å²) in [6.45, 7) is 6.53. The largest absolute Gasteiger partial charge is 0.457 e. The lowest BCUT2D eigenvalue weighted by Crippen LogP contribution is -2.71. The molecule has 2 aliphatic heterocycles. The van der Waals surface area contributed by atoms with Crippen molar-refractivity contribution in [2.75, 3.05) is 23.8 Å². The molecule has 3 aromatic rings. The first-order chi connectivity index (χ1) is 23.5. The number of aromatic nitrogens is 1. The van der Waals surface area contributed by atoms with Gasteiger partial charge in [0.1, 0.15) is 34.2 Å². The third-order valence-electron chi connectivity index (χ3n) is 7.15. The predicted molar refractivity (Wildman–Crippen MR) is 188 cm³/mol. The molecule has 1 fully saturated rings. The van der Waals surface area contributed by atoms with E-state index in [4.69, 9.17) is 20.0 Å². The average Bonchev–Trinajstić information content (AvgIpc) is 3.07. The van der Waals surface area contributed by atoms with E-state index in [1.165, 1.54) is 40.6 Å². The number of carbonyl (C=O) groups is 4. The summed E-state index contributed by atoms with van der Waals surface area (Å²) in [5, 5.41) is 6.01. The second-order valence-electron chi connectivity index (χ2n) is 11.9. The average molecular weight is 704 g/mol. The maximum Gasteiger partial charge on any atom is 0.356 e. The number of hydrogen-bond donors (Lipinski definition) is 2. The molecule has 3 heterocycles. The van der Waals surface area contributed by atoms with Crippen LogP contribution in [0.1, 0.15) is 50.6 Å². The summed E-state index contributed by atoms with van der Waals surface area (Å²) < 4.78 is 11.4. The van der Waals surface area contributed by atoms with Crippen molar-refractivity contribution in [1.29, 1.82) is 0 Å². The number of carbonyl (C=O) groups excluding carboxylic acids is 4. The Kier molecular flexibility index (Phi) is 11.3. The fourth-order valence-electron chi connectivity index (χ4n) is 5.13. The highest BCUT2D eigenvalue weighted by Crippen LogP contribution is 2.44. The van der Waals surface area contributed by atoms with E-state index in [-0.39, 0.29) is 22.9 Å². The Morgan fingerprint density at radius 2 is 1.69 bits per heavy atom. The molecule has 14 heteroatoms. The normalized spacial score (nSPS) is 17.6. The summed E-state index contributed by atoms with van der Waals surface area (Å²) >= 11 is 2.89. The van der Waals surface area contributed by atoms with Crippen LogP contribution in [0.5, 0.6) is 0 Å². The van der Waals surface area contributed by atoms with Crippen LogP contribution in [-0.2, 0) is 33.5 Å². The number of β-lactam (4-membered cyclic amide) rings is 1. The van der Waals surface area contributed by atoms with Crippen LogP contribution in [0.3, 0.4) is 0 Å². The highest BCUT2D eigenvalue weighted by molar-refractivity contribution is 8.06. The van der Waals surface area contributed by atoms with E-state index in [2.05, 4.69) is 15.5 Å². The second-order valence-corrected chi connectivity index (χ2v) is 14.4. The number of nitrogens with two attached hydrogens (primary N) is 1. The van der Waals surface area contributed by atoms with Crippen LogP contribution in [0.2, 0.25) is 0 Å². The lowest BCUT2D eigenvalue weighted by molar-refractivity contribution is -0.160. The molecule has 5 rings (SSSR count). The molecule has 2 aliphatic rings. The van der Waals surface area contributed by atoms with Gasteiger partial charge in [0.15, 0.2) is 11.8 Å². The van der Waals surface area contributed by atoms with Gasteiger partial charge in [0.05, 0.1) is 0 Å². The number of amides is 2. The third kappa shape index (κ3) is 8.62. The van der Waals surface area contributed by atoms with Gasteiger partial charge in [-0.3, -0.25) is 14.5 Å². The quantitative estimate of drug-likeness (QED) is 0.119. The Hall–Kier alpha value is -4.82. The summed E-state index contributed by atoms with van der Waals surface area (Å²) in [5.74, 6) is -1.36. The molecule has 0 radical (unpaired) electrons. The number of ether oxygens (including phenoxy) is 2. The van der Waals surface area contributed by atoms with Gasteiger partial charge in [-0.25, -0.2) is 14.6 Å². The van der Waals surface area contributed by atoms with Crippen LogP contribution in [0, 0.1) is 0 Å². The Balaban J connectivity index is 1.36. The van der Waals surface area contributed by atoms with Gasteiger partial charge in [-0.1, -0.05) is 78.8 Å². The van der Waals surface area contributed by atoms with Crippen LogP contribution in [0.25, 0.3) is 0 Å². The minimum atomic E-state index is -0.996. The SMILES string of the molecule is CCSC1=C(C(=O)OC(c2ccccc2)c2ccccc2)N2C(=O)C(NC(=O)C(=NOCC(=O)OC(C)(C)C)c3cccc(N)n3)[C@@H]2SC1. The van der Waals surface area contributed by atoms with E-state index in [9.17, 15) is 19.2 Å². The minimum Gasteiger partial charge on any atom is -0.457 e. The molecule has 49 heavy (non-hydrogen) atoms. The van der Waals surface area contributed by atoms with Crippen molar-refractivity contribution < 1.29 is 33.5 Å². The highest BCUT2D eigenvalue weighted by atomic mass is 32.2. The van der Waals surface area contributed by atoms with E-state index in [1.54, 1.807) is 26.8 Å². The van der Waals surface area contributed by atoms with Gasteiger partial charge in [-0.05, 0) is 49.8 Å². The molecule has 0 spiro atoms. The number of hydrogen-bond acceptors (Lipinski definition) is 12. The van der Waals surface area contributed by atoms with Crippen LogP contribution in [0.15, 0.2) is 94.6 Å². The summed E-state index contributed by atoms with van der Waals surface area (Å²) in [5.41, 5.74) is 6.61. The molecule has 0 aliphatic carbocycles. The van der Waals surface area contributed by atoms with Crippen LogP contribution in [0.4, 0.5) is 5.82 Å². The number of oxime groups is 1. The molecule has 2 aromatic carbocycles. The fourth-order valence-corrected chi connectivity index (χ4v) is 7.53. The van der Waals surface area contributed by atoms with Crippen molar-refractivity contribution in [1.82, 2.24) is 15.2 Å². The molecular formula is C35H37N5O7S2. The zero-order chi connectivity index (χ0) is 35.1. The Morgan fingerprint density at radius 3 is 2.29 bits per heavy atom. The number of rotatable bonds is 12. The number of pyridine rings is 1. The number of fused-ring (bicyclic) bond motifs is 1. The molecule has 1 aromatic heterocycles. The zero-order valence-corrected chi connectivity index (χ0v) is 29.1. The molecule has 1 saturated heterocycles. The van der Waals surface area contributed by atoms with Crippen LogP contribution in [-0.4, -0.2) is 74.5 Å². The van der Waals surface area contributed by atoms with Gasteiger partial charge in [-0.2, -0.15) is 0 Å². The van der Waals surface area contributed by atoms with Gasteiger partial charge in [0.2, 0.25) is 6.61 Å². The van der Waals surface area contributed by atoms with Crippen LogP contribution < -0.4 is 11.1 Å². The number of nitrogens with zero attached hydrogens (tertiary/aromatic N) is 3. The van der Waals surface area contributed by atoms with E-state index >= 15 is 0 Å². The van der Waals surface area contributed by atoms with E-state index < -0.39 is 53.5 Å². The first-order valence-corrected chi connectivity index (χ1v) is 17.6. The monoisotopic (exact) mass is 703 g/mol. The molecule has 256 valence electrons. The van der Waals surface area contributed by atoms with Crippen molar-refractivity contribution in [2.45, 2.75) is 50.8 Å². The molecule has 12 nitrogen and oxygen atoms in total. The molecular weight excluding hydrogens is 667 g/mol. The Labute approximate surface area is 292 Å². The lowest BCUT2D eigenvalue weighted by atomic mass is 10.0. The Bertz CT molecular complexity index is 1720. The highest BCUT2D eigenvalue weighted by Gasteiger charge is 2.55. The van der Waals surface area contributed by atoms with Gasteiger partial charge in [0.25, 0.3) is 11.8 Å². The molecule has 0 saturated carbocycles. The smallest absolute Gasteiger partial charge is 0.356 e. The topological polar surface area (TPSA) is 163 Å². The van der Waals surface area contributed by atoms with Gasteiger partial charge >= 0.3 is 11.9 Å². The molecule has 1 unspecified atom stereocenters. The first kappa shape index (κ1) is 35.5. The number of thioether (sulfide) groups is 2. The number of anilines is 1. The van der Waals surface area contributed by atoms with Gasteiger partial charge < -0.3 is 25.4 Å². The van der Waals surface area contributed by atoms with Gasteiger partial charge in [-0.15, -0.1) is 23.5 Å². The van der Waals surface area contributed by atoms with E-state index in [0.717, 1.165) is 11.1 Å². The zero-order valence-electron chi connectivity index (χ0n) is 27.5. The standard InChI is InChI=1S/C35H37N5O7S2/c1-5-48-24-20-49-33-28(38-31(42)27(23-17-12-18-25(36)37-23)39-45-19-26(41)47-35(2,3)4)32(43)40(33)29(24)34(44)46-30(21-13-8-6-9-14-21)22-15-10-7-11-16-22/h6-18,28,30,33H,5,19-20H2,1-4H3,(H2,36,37)(H,38,42)/t28?,33-/m0/s1. The third-order valence-corrected chi connectivity index (χ3v) is 9.59. The van der Waals surface area contributed by atoms with Crippen molar-refractivity contribution in [3.05, 3.63) is 106 Å². The van der Waals surface area contributed by atoms with Crippen molar-refractivity contribution >= 4 is 58.8 Å². The van der Waals surface area contributed by atoms with Crippen molar-refractivity contribution in [2.24, 2.45) is 5.16 Å². The first-order valence-electron chi connectivity index (χ1n) is 15.5. The molecule has 2 atom stereocenters. The maximum atomic E-state index is 14.0. The number of nitrogens with one attached hydrogen (secondary N) is 1. The number of benzene rings is 2. The summed E-state index contributed by atoms with van der Waals surface area (Å²) in [6.07, 6.45) is -0.708. The summed E-state index contributed by atoms with van der Waals surface area (Å²) in [7, 11) is 0. The molecule has 3 N–H and O–H groups in total. The number of nitrogen functional groups attached to an aromatic ring is 1. The maximum absolute atomic E-state index is 14.0. The Morgan fingerprint density at radius 1 is 1.04 bits per heavy atom. The van der Waals surface area contributed by atoms with Crippen LogP contribution >= 0.6 is 23.5 Å². The van der Waals surface area contributed by atoms with Crippen molar-refractivity contribution in [3.63, 3.8) is 0 Å². The summed E-state index contributed by atoms with van der Waals surface area (Å²) in [6, 6.07) is 22.4. The summed E-state index contributed by atoms with van der Waals surface area (Å²) in [4.78, 5) is 65.0. The predicted octanol–water partition coefficient (Wildman–Crippen LogP) is 4.42. The van der Waals surface area contributed by atoms with E-state index in [1.807, 2.05) is 67.6 Å². The van der Waals surface area contributed by atoms with Crippen molar-refractivity contribution in [3.8, 4) is 0 Å².